The lowest BCUT2D eigenvalue weighted by Crippen LogP contribution is -2.66. The van der Waals surface area contributed by atoms with Gasteiger partial charge in [-0.2, -0.15) is 4.73 Å². The summed E-state index contributed by atoms with van der Waals surface area (Å²) in [6.45, 7) is 3.80. The molecule has 5 heterocycles. The molecule has 206 valence electrons. The largest absolute Gasteiger partial charge is 0.618 e. The summed E-state index contributed by atoms with van der Waals surface area (Å²) in [5, 5.41) is 13.5. The molecule has 6 nitrogen and oxygen atoms in total. The molecule has 1 N–H and O–H groups in total. The average Bonchev–Trinajstić information content (AvgIpc) is 3.31. The van der Waals surface area contributed by atoms with Gasteiger partial charge < -0.3 is 14.9 Å². The number of nitrogens with one attached hydrogen (secondary N) is 1. The second-order valence-corrected chi connectivity index (χ2v) is 12.0. The van der Waals surface area contributed by atoms with Crippen LogP contribution in [0.1, 0.15) is 36.0 Å². The van der Waals surface area contributed by atoms with Gasteiger partial charge in [0.15, 0.2) is 6.20 Å². The van der Waals surface area contributed by atoms with Crippen LogP contribution in [-0.2, 0) is 17.6 Å². The molecule has 6 heteroatoms. The van der Waals surface area contributed by atoms with Gasteiger partial charge in [0.25, 0.3) is 0 Å². The standard InChI is InChI=1S/C35H34N4O2/c1-22-3-2-14-38(40)34(22)25-7-5-24(6-8-25)33-19-37-35-32(33)16-28(18-36-35)27-9-4-23-10-12-29(13-11-26(23)15-27)39-30-17-31(39)21-41-20-30/h2-9,14-16,18-19,29-31H,10-13,17,20-21H2,1H3,(H,36,37)/t29-,30?,31?/m0/s1. The van der Waals surface area contributed by atoms with Gasteiger partial charge in [0.2, 0.25) is 5.69 Å². The highest BCUT2D eigenvalue weighted by atomic mass is 16.5. The highest BCUT2D eigenvalue weighted by Gasteiger charge is 2.45. The van der Waals surface area contributed by atoms with E-state index in [9.17, 15) is 5.21 Å². The average molecular weight is 543 g/mol. The first-order valence-electron chi connectivity index (χ1n) is 14.9. The third kappa shape index (κ3) is 4.25. The Labute approximate surface area is 240 Å². The number of H-pyrrole nitrogens is 1. The minimum Gasteiger partial charge on any atom is -0.618 e. The number of hydrogen-bond acceptors (Lipinski definition) is 4. The van der Waals surface area contributed by atoms with E-state index >= 15 is 0 Å². The molecule has 8 rings (SSSR count). The van der Waals surface area contributed by atoms with Gasteiger partial charge in [0.1, 0.15) is 5.65 Å². The van der Waals surface area contributed by atoms with E-state index in [1.807, 2.05) is 37.5 Å². The van der Waals surface area contributed by atoms with Gasteiger partial charge in [-0.15, -0.1) is 0 Å². The number of hydrogen-bond donors (Lipinski definition) is 1. The van der Waals surface area contributed by atoms with E-state index in [-0.39, 0.29) is 0 Å². The van der Waals surface area contributed by atoms with Crippen molar-refractivity contribution in [3.8, 4) is 33.5 Å². The van der Waals surface area contributed by atoms with E-state index in [0.29, 0.717) is 23.8 Å². The van der Waals surface area contributed by atoms with Gasteiger partial charge >= 0.3 is 0 Å². The highest BCUT2D eigenvalue weighted by molar-refractivity contribution is 5.96. The molecule has 0 amide bonds. The monoisotopic (exact) mass is 542 g/mol. The fourth-order valence-electron chi connectivity index (χ4n) is 7.49. The number of aryl methyl sites for hydroxylation is 3. The summed E-state index contributed by atoms with van der Waals surface area (Å²) < 4.78 is 6.68. The minimum absolute atomic E-state index is 0.644. The van der Waals surface area contributed by atoms with E-state index in [1.165, 1.54) is 36.0 Å². The molecule has 0 saturated carbocycles. The van der Waals surface area contributed by atoms with Gasteiger partial charge in [-0.05, 0) is 85.5 Å². The van der Waals surface area contributed by atoms with Crippen molar-refractivity contribution < 1.29 is 9.47 Å². The Morgan fingerprint density at radius 1 is 0.878 bits per heavy atom. The number of aromatic amines is 1. The lowest BCUT2D eigenvalue weighted by Gasteiger charge is -2.56. The van der Waals surface area contributed by atoms with Crippen molar-refractivity contribution in [2.24, 2.45) is 0 Å². The molecule has 0 spiro atoms. The van der Waals surface area contributed by atoms with Gasteiger partial charge in [-0.3, -0.25) is 4.90 Å². The van der Waals surface area contributed by atoms with E-state index < -0.39 is 0 Å². The SMILES string of the molecule is Cc1ccc[n+]([O-])c1-c1ccc(-c2c[nH]c3ncc(-c4ccc5c(c4)CC[C@@H](N4C6COCC4C6)CC5)cc23)cc1. The van der Waals surface area contributed by atoms with Crippen molar-refractivity contribution in [2.75, 3.05) is 13.2 Å². The summed E-state index contributed by atoms with van der Waals surface area (Å²) in [5.74, 6) is 0. The first kappa shape index (κ1) is 24.8. The van der Waals surface area contributed by atoms with Crippen molar-refractivity contribution in [3.63, 3.8) is 0 Å². The number of morpholine rings is 1. The summed E-state index contributed by atoms with van der Waals surface area (Å²) in [6.07, 6.45) is 11.7. The molecule has 1 aliphatic carbocycles. The Kier molecular flexibility index (Phi) is 5.93. The zero-order valence-electron chi connectivity index (χ0n) is 23.3. The van der Waals surface area contributed by atoms with Crippen LogP contribution in [0, 0.1) is 12.1 Å². The van der Waals surface area contributed by atoms with Crippen LogP contribution in [0.2, 0.25) is 0 Å². The van der Waals surface area contributed by atoms with Crippen LogP contribution in [0.25, 0.3) is 44.5 Å². The van der Waals surface area contributed by atoms with Crippen LogP contribution in [0.4, 0.5) is 0 Å². The topological polar surface area (TPSA) is 68.1 Å². The van der Waals surface area contributed by atoms with Crippen LogP contribution < -0.4 is 4.73 Å². The molecule has 2 bridgehead atoms. The summed E-state index contributed by atoms with van der Waals surface area (Å²) in [7, 11) is 0. The Morgan fingerprint density at radius 2 is 1.63 bits per heavy atom. The number of benzene rings is 2. The maximum atomic E-state index is 12.4. The van der Waals surface area contributed by atoms with Gasteiger partial charge in [-0.1, -0.05) is 30.3 Å². The van der Waals surface area contributed by atoms with Gasteiger partial charge in [0.05, 0.1) is 13.2 Å². The van der Waals surface area contributed by atoms with Crippen molar-refractivity contribution in [2.45, 2.75) is 57.2 Å². The molecule has 3 aliphatic rings. The summed E-state index contributed by atoms with van der Waals surface area (Å²) in [4.78, 5) is 10.9. The molecule has 2 aromatic carbocycles. The summed E-state index contributed by atoms with van der Waals surface area (Å²) in [6, 6.07) is 23.2. The van der Waals surface area contributed by atoms with E-state index in [0.717, 1.165) is 69.6 Å². The molecule has 41 heavy (non-hydrogen) atoms. The normalized spacial score (nSPS) is 22.2. The molecule has 3 atom stereocenters. The second kappa shape index (κ2) is 9.82. The Balaban J connectivity index is 1.07. The maximum Gasteiger partial charge on any atom is 0.226 e. The fourth-order valence-corrected chi connectivity index (χ4v) is 7.49. The van der Waals surface area contributed by atoms with Crippen molar-refractivity contribution in [1.82, 2.24) is 14.9 Å². The van der Waals surface area contributed by atoms with E-state index in [2.05, 4.69) is 46.3 Å². The fraction of sp³-hybridized carbons (Fsp3) is 0.314. The van der Waals surface area contributed by atoms with Gasteiger partial charge in [0, 0.05) is 64.2 Å². The number of ether oxygens (including phenoxy) is 1. The Morgan fingerprint density at radius 3 is 2.41 bits per heavy atom. The molecule has 2 aliphatic heterocycles. The third-order valence-corrected chi connectivity index (χ3v) is 9.62. The van der Waals surface area contributed by atoms with Crippen LogP contribution in [0.3, 0.4) is 0 Å². The maximum absolute atomic E-state index is 12.4. The zero-order chi connectivity index (χ0) is 27.5. The molecule has 5 aromatic rings. The highest BCUT2D eigenvalue weighted by Crippen LogP contribution is 2.38. The van der Waals surface area contributed by atoms with Crippen LogP contribution >= 0.6 is 0 Å². The first-order chi connectivity index (χ1) is 20.1. The van der Waals surface area contributed by atoms with Crippen LogP contribution in [0.5, 0.6) is 0 Å². The van der Waals surface area contributed by atoms with Crippen molar-refractivity contribution in [1.29, 1.82) is 0 Å². The quantitative estimate of drug-likeness (QED) is 0.166. The predicted molar refractivity (Wildman–Crippen MR) is 161 cm³/mol. The minimum atomic E-state index is 0.644. The predicted octanol–water partition coefficient (Wildman–Crippen LogP) is 6.23. The number of nitrogens with zero attached hydrogens (tertiary/aromatic N) is 3. The lowest BCUT2D eigenvalue weighted by molar-refractivity contribution is -0.594. The number of rotatable bonds is 4. The lowest BCUT2D eigenvalue weighted by atomic mass is 9.87. The summed E-state index contributed by atoms with van der Waals surface area (Å²) >= 11 is 0. The van der Waals surface area contributed by atoms with E-state index in [4.69, 9.17) is 9.72 Å². The molecule has 2 unspecified atom stereocenters. The van der Waals surface area contributed by atoms with E-state index in [1.54, 1.807) is 12.3 Å². The third-order valence-electron chi connectivity index (χ3n) is 9.62. The Bertz CT molecular complexity index is 1720. The first-order valence-corrected chi connectivity index (χ1v) is 14.9. The molecule has 0 radical (unpaired) electrons. The van der Waals surface area contributed by atoms with Crippen molar-refractivity contribution in [3.05, 3.63) is 101 Å². The number of aromatic nitrogens is 3. The van der Waals surface area contributed by atoms with Gasteiger partial charge in [-0.25, -0.2) is 4.98 Å². The molecular weight excluding hydrogens is 508 g/mol. The smallest absolute Gasteiger partial charge is 0.226 e. The molecule has 2 saturated heterocycles. The molecule has 3 aromatic heterocycles. The number of fused-ring (bicyclic) bond motifs is 4. The Hall–Kier alpha value is -4.00. The second-order valence-electron chi connectivity index (χ2n) is 12.0. The summed E-state index contributed by atoms with van der Waals surface area (Å²) in [5.41, 5.74) is 11.0. The zero-order valence-corrected chi connectivity index (χ0v) is 23.3. The van der Waals surface area contributed by atoms with Crippen LogP contribution in [0.15, 0.2) is 79.3 Å². The van der Waals surface area contributed by atoms with Crippen LogP contribution in [-0.4, -0.2) is 46.2 Å². The number of pyridine rings is 2. The molecular formula is C35H34N4O2. The van der Waals surface area contributed by atoms with Crippen molar-refractivity contribution >= 4 is 11.0 Å². The molecule has 2 fully saturated rings.